The van der Waals surface area contributed by atoms with Crippen molar-refractivity contribution >= 4 is 22.1 Å². The first-order valence-electron chi connectivity index (χ1n) is 14.9. The van der Waals surface area contributed by atoms with Gasteiger partial charge in [-0.25, -0.2) is 0 Å². The van der Waals surface area contributed by atoms with Crippen LogP contribution in [-0.4, -0.2) is 75.0 Å². The third kappa shape index (κ3) is 26.3. The van der Waals surface area contributed by atoms with E-state index in [0.29, 0.717) is 37.0 Å². The molecule has 0 aliphatic heterocycles. The van der Waals surface area contributed by atoms with Gasteiger partial charge < -0.3 is 14.0 Å². The Morgan fingerprint density at radius 1 is 0.667 bits per heavy atom. The van der Waals surface area contributed by atoms with Crippen LogP contribution in [0.25, 0.3) is 0 Å². The maximum absolute atomic E-state index is 12.1. The Kier molecular flexibility index (Phi) is 23.1. The minimum Gasteiger partial charge on any atom is -0.460 e. The summed E-state index contributed by atoms with van der Waals surface area (Å²) >= 11 is 0. The van der Waals surface area contributed by atoms with Gasteiger partial charge in [0.2, 0.25) is 0 Å². The molecular formula is C30H56NO7S+. The van der Waals surface area contributed by atoms with Crippen LogP contribution < -0.4 is 0 Å². The zero-order chi connectivity index (χ0) is 29.2. The van der Waals surface area contributed by atoms with E-state index in [4.69, 9.17) is 14.0 Å². The fourth-order valence-electron chi connectivity index (χ4n) is 4.40. The van der Waals surface area contributed by atoms with Crippen molar-refractivity contribution in [1.82, 2.24) is 0 Å². The highest BCUT2D eigenvalue weighted by Gasteiger charge is 2.24. The van der Waals surface area contributed by atoms with E-state index in [0.717, 1.165) is 51.4 Å². The van der Waals surface area contributed by atoms with E-state index in [-0.39, 0.29) is 37.3 Å². The van der Waals surface area contributed by atoms with Crippen LogP contribution >= 0.6 is 0 Å². The Balaban J connectivity index is 4.29. The van der Waals surface area contributed by atoms with Crippen molar-refractivity contribution in [2.45, 2.75) is 109 Å². The van der Waals surface area contributed by atoms with Crippen molar-refractivity contribution < 1.29 is 36.5 Å². The van der Waals surface area contributed by atoms with Gasteiger partial charge in [0.25, 0.3) is 10.1 Å². The molecular weight excluding hydrogens is 518 g/mol. The Bertz CT molecular complexity index is 725. The van der Waals surface area contributed by atoms with Crippen LogP contribution in [0.15, 0.2) is 25.3 Å². The van der Waals surface area contributed by atoms with Gasteiger partial charge in [-0.2, -0.15) is 8.42 Å². The second-order valence-electron chi connectivity index (χ2n) is 10.8. The molecule has 0 amide bonds. The summed E-state index contributed by atoms with van der Waals surface area (Å²) in [5.41, 5.74) is 0. The highest BCUT2D eigenvalue weighted by molar-refractivity contribution is 7.85. The number of quaternary nitrogens is 1. The average Bonchev–Trinajstić information content (AvgIpc) is 2.86. The second-order valence-corrected chi connectivity index (χ2v) is 12.3. The highest BCUT2D eigenvalue weighted by atomic mass is 32.2. The summed E-state index contributed by atoms with van der Waals surface area (Å²) in [6.07, 6.45) is 20.0. The summed E-state index contributed by atoms with van der Waals surface area (Å²) in [5.74, 6) is -0.779. The molecule has 0 spiro atoms. The van der Waals surface area contributed by atoms with Gasteiger partial charge in [0.05, 0.1) is 19.3 Å². The summed E-state index contributed by atoms with van der Waals surface area (Å²) in [6.45, 7) is 9.28. The molecule has 0 aromatic rings. The number of unbranched alkanes of at least 4 members (excludes halogenated alkanes) is 12. The lowest BCUT2D eigenvalue weighted by atomic mass is 10.1. The third-order valence-electron chi connectivity index (χ3n) is 6.97. The summed E-state index contributed by atoms with van der Waals surface area (Å²) in [7, 11) is -2.13. The molecule has 0 rings (SSSR count). The summed E-state index contributed by atoms with van der Waals surface area (Å²) in [4.78, 5) is 24.3. The monoisotopic (exact) mass is 574 g/mol. The van der Waals surface area contributed by atoms with Gasteiger partial charge in [-0.3, -0.25) is 14.1 Å². The first-order valence-corrected chi connectivity index (χ1v) is 16.5. The fraction of sp³-hybridized carbons (Fsp3) is 0.800. The normalized spacial score (nSPS) is 11.7. The van der Waals surface area contributed by atoms with Gasteiger partial charge in [0, 0.05) is 19.3 Å². The molecule has 39 heavy (non-hydrogen) atoms. The molecule has 0 fully saturated rings. The molecule has 0 aromatic heterocycles. The van der Waals surface area contributed by atoms with E-state index in [1.165, 1.54) is 38.5 Å². The van der Waals surface area contributed by atoms with Crippen LogP contribution in [0.1, 0.15) is 109 Å². The molecule has 0 radical (unpaired) electrons. The zero-order valence-electron chi connectivity index (χ0n) is 24.6. The van der Waals surface area contributed by atoms with Gasteiger partial charge in [-0.05, 0) is 38.5 Å². The van der Waals surface area contributed by atoms with Gasteiger partial charge >= 0.3 is 11.9 Å². The van der Waals surface area contributed by atoms with E-state index in [2.05, 4.69) is 13.2 Å². The van der Waals surface area contributed by atoms with Crippen molar-refractivity contribution in [3.05, 3.63) is 25.3 Å². The average molecular weight is 575 g/mol. The molecule has 0 aromatic carbocycles. The lowest BCUT2D eigenvalue weighted by Gasteiger charge is -2.34. The number of carbonyl (C=O) groups excluding carboxylic acids is 2. The van der Waals surface area contributed by atoms with Crippen molar-refractivity contribution in [1.29, 1.82) is 0 Å². The minimum atomic E-state index is -4.05. The molecule has 0 aliphatic carbocycles. The summed E-state index contributed by atoms with van der Waals surface area (Å²) < 4.78 is 42.6. The molecule has 8 nitrogen and oxygen atoms in total. The van der Waals surface area contributed by atoms with Crippen molar-refractivity contribution in [2.24, 2.45) is 0 Å². The molecule has 0 bridgehead atoms. The Hall–Kier alpha value is -1.71. The summed E-state index contributed by atoms with van der Waals surface area (Å²) in [6, 6.07) is 0. The van der Waals surface area contributed by atoms with Crippen molar-refractivity contribution in [3.8, 4) is 0 Å². The molecule has 1 N–H and O–H groups in total. The van der Waals surface area contributed by atoms with E-state index >= 15 is 0 Å². The number of carbonyl (C=O) groups is 2. The van der Waals surface area contributed by atoms with Crippen molar-refractivity contribution in [3.63, 3.8) is 0 Å². The maximum atomic E-state index is 12.1. The lowest BCUT2D eigenvalue weighted by molar-refractivity contribution is -0.909. The van der Waals surface area contributed by atoms with E-state index in [1.807, 2.05) is 19.2 Å². The van der Waals surface area contributed by atoms with Crippen LogP contribution in [0, 0.1) is 0 Å². The third-order valence-corrected chi connectivity index (χ3v) is 7.77. The topological polar surface area (TPSA) is 107 Å². The Labute approximate surface area is 238 Å². The highest BCUT2D eigenvalue weighted by Crippen LogP contribution is 2.12. The van der Waals surface area contributed by atoms with Gasteiger partial charge in [0.1, 0.15) is 26.3 Å². The minimum absolute atomic E-state index is 0.212. The first kappa shape index (κ1) is 37.3. The molecule has 0 aliphatic rings. The molecule has 0 atom stereocenters. The van der Waals surface area contributed by atoms with Crippen LogP contribution in [0.2, 0.25) is 0 Å². The first-order chi connectivity index (χ1) is 18.6. The zero-order valence-corrected chi connectivity index (χ0v) is 25.4. The fourth-order valence-corrected chi connectivity index (χ4v) is 4.89. The van der Waals surface area contributed by atoms with E-state index in [1.54, 1.807) is 0 Å². The van der Waals surface area contributed by atoms with Crippen molar-refractivity contribution in [2.75, 3.05) is 45.6 Å². The van der Waals surface area contributed by atoms with Crippen LogP contribution in [0.4, 0.5) is 0 Å². The number of ether oxygens (including phenoxy) is 2. The smallest absolute Gasteiger partial charge is 0.305 e. The molecule has 228 valence electrons. The Morgan fingerprint density at radius 3 is 1.44 bits per heavy atom. The van der Waals surface area contributed by atoms with Gasteiger partial charge in [-0.15, -0.1) is 13.2 Å². The predicted molar refractivity (Wildman–Crippen MR) is 158 cm³/mol. The summed E-state index contributed by atoms with van der Waals surface area (Å²) in [5, 5.41) is 0. The standard InChI is InChI=1S/C30H55NO7S/c1-4-6-8-10-12-14-16-18-21-29(32)37-26-24-31(3,23-20-28-39(34,35)36)25-27-38-30(33)22-19-17-15-13-11-9-7-5-2/h4-5H,1-2,6-28H2,3H3/p+1. The molecule has 0 heterocycles. The van der Waals surface area contributed by atoms with E-state index < -0.39 is 10.1 Å². The van der Waals surface area contributed by atoms with Crippen LogP contribution in [0.5, 0.6) is 0 Å². The van der Waals surface area contributed by atoms with Gasteiger partial charge in [-0.1, -0.05) is 63.5 Å². The number of nitrogens with zero attached hydrogens (tertiary/aromatic N) is 1. The largest absolute Gasteiger partial charge is 0.460 e. The van der Waals surface area contributed by atoms with E-state index in [9.17, 15) is 18.0 Å². The molecule has 0 unspecified atom stereocenters. The quantitative estimate of drug-likeness (QED) is 0.0378. The SMILES string of the molecule is C=CCCCCCCCCC(=O)OCC[N+](C)(CCCS(=O)(=O)O)CCOC(=O)CCCCCCCCC=C. The molecule has 0 saturated heterocycles. The number of allylic oxidation sites excluding steroid dienone is 2. The number of hydrogen-bond donors (Lipinski definition) is 1. The Morgan fingerprint density at radius 2 is 1.05 bits per heavy atom. The lowest BCUT2D eigenvalue weighted by Crippen LogP contribution is -2.50. The molecule has 9 heteroatoms. The number of hydrogen-bond acceptors (Lipinski definition) is 6. The van der Waals surface area contributed by atoms with Gasteiger partial charge in [0.15, 0.2) is 0 Å². The number of esters is 2. The van der Waals surface area contributed by atoms with Crippen LogP contribution in [0.3, 0.4) is 0 Å². The second kappa shape index (κ2) is 24.1. The number of likely N-dealkylation sites (N-methyl/N-ethyl adjacent to an activating group) is 1. The van der Waals surface area contributed by atoms with Crippen LogP contribution in [-0.2, 0) is 29.2 Å². The molecule has 0 saturated carbocycles. The maximum Gasteiger partial charge on any atom is 0.305 e. The number of rotatable bonds is 28. The predicted octanol–water partition coefficient (Wildman–Crippen LogP) is 6.41.